The van der Waals surface area contributed by atoms with E-state index >= 15 is 0 Å². The lowest BCUT2D eigenvalue weighted by atomic mass is 10.2. The molecule has 0 unspecified atom stereocenters. The topological polar surface area (TPSA) is 116 Å². The predicted molar refractivity (Wildman–Crippen MR) is 79.2 cm³/mol. The number of nitrogen functional groups attached to an aromatic ring is 1. The predicted octanol–water partition coefficient (Wildman–Crippen LogP) is 1.07. The van der Waals surface area contributed by atoms with Gasteiger partial charge in [-0.05, 0) is 18.2 Å². The molecule has 3 rings (SSSR count). The van der Waals surface area contributed by atoms with Crippen molar-refractivity contribution in [2.75, 3.05) is 12.0 Å². The van der Waals surface area contributed by atoms with Crippen LogP contribution in [0.5, 0.6) is 0 Å². The number of rotatable bonds is 2. The molecule has 1 aromatic carbocycles. The highest BCUT2D eigenvalue weighted by molar-refractivity contribution is 9.10. The molecule has 0 fully saturated rings. The van der Waals surface area contributed by atoms with Gasteiger partial charge in [-0.25, -0.2) is 12.8 Å². The molecule has 11 heteroatoms. The monoisotopic (exact) mass is 386 g/mol. The molecule has 0 aliphatic heterocycles. The van der Waals surface area contributed by atoms with E-state index in [-0.39, 0.29) is 17.6 Å². The van der Waals surface area contributed by atoms with Crippen LogP contribution < -0.4 is 5.73 Å². The number of hydrogen-bond donors (Lipinski definition) is 1. The molecule has 0 spiro atoms. The molecule has 0 bridgehead atoms. The average Bonchev–Trinajstić information content (AvgIpc) is 2.81. The highest BCUT2D eigenvalue weighted by Crippen LogP contribution is 2.23. The van der Waals surface area contributed by atoms with Crippen LogP contribution in [0.3, 0.4) is 0 Å². The minimum absolute atomic E-state index is 0.0386. The summed E-state index contributed by atoms with van der Waals surface area (Å²) in [4.78, 5) is 11.5. The smallest absolute Gasteiger partial charge is 0.258 e. The van der Waals surface area contributed by atoms with Gasteiger partial charge in [0, 0.05) is 16.3 Å². The molecule has 0 aliphatic carbocycles. The van der Waals surface area contributed by atoms with E-state index in [1.54, 1.807) is 6.07 Å². The number of hydrogen-bond acceptors (Lipinski definition) is 7. The van der Waals surface area contributed by atoms with Crippen LogP contribution in [0.15, 0.2) is 27.8 Å². The van der Waals surface area contributed by atoms with E-state index in [4.69, 9.17) is 5.73 Å². The first-order chi connectivity index (χ1) is 10.2. The second-order valence-corrected chi connectivity index (χ2v) is 7.27. The van der Waals surface area contributed by atoms with Gasteiger partial charge in [0.1, 0.15) is 5.82 Å². The van der Waals surface area contributed by atoms with Crippen molar-refractivity contribution >= 4 is 37.5 Å². The minimum Gasteiger partial charge on any atom is -0.368 e. The first kappa shape index (κ1) is 14.8. The fourth-order valence-electron chi connectivity index (χ4n) is 1.76. The molecule has 22 heavy (non-hydrogen) atoms. The van der Waals surface area contributed by atoms with Crippen LogP contribution in [0.2, 0.25) is 0 Å². The molecule has 2 N–H and O–H groups in total. The Morgan fingerprint density at radius 3 is 2.59 bits per heavy atom. The largest absolute Gasteiger partial charge is 0.368 e. The summed E-state index contributed by atoms with van der Waals surface area (Å²) in [6, 6.07) is 4.13. The molecule has 0 saturated heterocycles. The van der Waals surface area contributed by atoms with E-state index < -0.39 is 20.8 Å². The van der Waals surface area contributed by atoms with Crippen LogP contribution in [0.1, 0.15) is 0 Å². The highest BCUT2D eigenvalue weighted by atomic mass is 79.9. The molecule has 2 heterocycles. The number of halogens is 2. The fraction of sp³-hybridized carbons (Fsp3) is 0.0909. The highest BCUT2D eigenvalue weighted by Gasteiger charge is 2.18. The van der Waals surface area contributed by atoms with Gasteiger partial charge in [-0.15, -0.1) is 5.10 Å². The zero-order chi connectivity index (χ0) is 16.1. The van der Waals surface area contributed by atoms with Gasteiger partial charge >= 0.3 is 0 Å². The van der Waals surface area contributed by atoms with Crippen LogP contribution in [0.25, 0.3) is 17.2 Å². The van der Waals surface area contributed by atoms with E-state index in [9.17, 15) is 12.8 Å². The Hall–Kier alpha value is -2.14. The maximum atomic E-state index is 13.4. The Bertz CT molecular complexity index is 983. The Labute approximate surface area is 132 Å². The molecule has 114 valence electrons. The molecule has 0 saturated carbocycles. The number of sulfone groups is 1. The summed E-state index contributed by atoms with van der Waals surface area (Å²) in [6.45, 7) is 0. The van der Waals surface area contributed by atoms with Gasteiger partial charge in [0.25, 0.3) is 10.9 Å². The van der Waals surface area contributed by atoms with Gasteiger partial charge in [-0.1, -0.05) is 15.9 Å². The molecule has 3 aromatic rings. The van der Waals surface area contributed by atoms with Crippen molar-refractivity contribution in [2.45, 2.75) is 5.16 Å². The molecule has 0 aliphatic rings. The van der Waals surface area contributed by atoms with E-state index in [1.165, 1.54) is 12.1 Å². The SMILES string of the molecule is CS(=O)(=O)c1nc(N)n2nc(-c3cc(F)cc(Br)c3)nc2n1. The van der Waals surface area contributed by atoms with Crippen LogP contribution in [-0.2, 0) is 9.84 Å². The lowest BCUT2D eigenvalue weighted by Crippen LogP contribution is -2.11. The van der Waals surface area contributed by atoms with Crippen molar-refractivity contribution in [2.24, 2.45) is 0 Å². The Morgan fingerprint density at radius 2 is 1.95 bits per heavy atom. The minimum atomic E-state index is -3.64. The number of benzene rings is 1. The first-order valence-electron chi connectivity index (χ1n) is 5.81. The number of nitrogens with zero attached hydrogens (tertiary/aromatic N) is 5. The van der Waals surface area contributed by atoms with Crippen molar-refractivity contribution in [1.82, 2.24) is 24.6 Å². The summed E-state index contributed by atoms with van der Waals surface area (Å²) in [5, 5.41) is 3.61. The third kappa shape index (κ3) is 2.64. The van der Waals surface area contributed by atoms with Gasteiger partial charge in [-0.2, -0.15) is 19.5 Å². The Morgan fingerprint density at radius 1 is 1.23 bits per heavy atom. The normalized spacial score (nSPS) is 12.0. The first-order valence-corrected chi connectivity index (χ1v) is 8.49. The second-order valence-electron chi connectivity index (χ2n) is 4.44. The number of aromatic nitrogens is 5. The standard InChI is InChI=1S/C11H8BrFN6O2S/c1-22(20,21)11-16-9(14)19-10(17-11)15-8(18-19)5-2-6(12)4-7(13)3-5/h2-4H,1H3,(H2,14,15,16,17,18). The maximum absolute atomic E-state index is 13.4. The van der Waals surface area contributed by atoms with Gasteiger partial charge in [-0.3, -0.25) is 0 Å². The third-order valence-corrected chi connectivity index (χ3v) is 3.97. The summed E-state index contributed by atoms with van der Waals surface area (Å²) < 4.78 is 38.0. The van der Waals surface area contributed by atoms with Crippen molar-refractivity contribution in [3.8, 4) is 11.4 Å². The van der Waals surface area contributed by atoms with E-state index in [0.29, 0.717) is 10.0 Å². The third-order valence-electron chi connectivity index (χ3n) is 2.67. The number of fused-ring (bicyclic) bond motifs is 1. The number of nitrogens with two attached hydrogens (primary N) is 1. The van der Waals surface area contributed by atoms with Crippen molar-refractivity contribution in [3.63, 3.8) is 0 Å². The second kappa shape index (κ2) is 4.95. The van der Waals surface area contributed by atoms with Gasteiger partial charge < -0.3 is 5.73 Å². The molecule has 0 radical (unpaired) electrons. The number of anilines is 1. The molecule has 2 aromatic heterocycles. The fourth-order valence-corrected chi connectivity index (χ4v) is 2.73. The molecule has 0 amide bonds. The Balaban J connectivity index is 2.24. The van der Waals surface area contributed by atoms with Crippen LogP contribution in [0, 0.1) is 5.82 Å². The van der Waals surface area contributed by atoms with E-state index in [2.05, 4.69) is 36.0 Å². The average molecular weight is 387 g/mol. The summed E-state index contributed by atoms with van der Waals surface area (Å²) in [6.07, 6.45) is 0.958. The lowest BCUT2D eigenvalue weighted by molar-refractivity contribution is 0.592. The summed E-state index contributed by atoms with van der Waals surface area (Å²) >= 11 is 3.17. The Kier molecular flexibility index (Phi) is 3.33. The summed E-state index contributed by atoms with van der Waals surface area (Å²) in [5.74, 6) is -0.547. The lowest BCUT2D eigenvalue weighted by Gasteiger charge is -1.99. The molecule has 8 nitrogen and oxygen atoms in total. The van der Waals surface area contributed by atoms with Crippen LogP contribution >= 0.6 is 15.9 Å². The summed E-state index contributed by atoms with van der Waals surface area (Å²) in [7, 11) is -3.64. The maximum Gasteiger partial charge on any atom is 0.258 e. The molecule has 0 atom stereocenters. The summed E-state index contributed by atoms with van der Waals surface area (Å²) in [5.41, 5.74) is 6.05. The van der Waals surface area contributed by atoms with Gasteiger partial charge in [0.05, 0.1) is 0 Å². The van der Waals surface area contributed by atoms with Crippen molar-refractivity contribution in [3.05, 3.63) is 28.5 Å². The van der Waals surface area contributed by atoms with E-state index in [1.807, 2.05) is 0 Å². The van der Waals surface area contributed by atoms with Crippen molar-refractivity contribution < 1.29 is 12.8 Å². The van der Waals surface area contributed by atoms with Gasteiger partial charge in [0.2, 0.25) is 15.8 Å². The van der Waals surface area contributed by atoms with Crippen molar-refractivity contribution in [1.29, 1.82) is 0 Å². The molecular weight excluding hydrogens is 379 g/mol. The van der Waals surface area contributed by atoms with E-state index in [0.717, 1.165) is 10.8 Å². The van der Waals surface area contributed by atoms with Crippen LogP contribution in [0.4, 0.5) is 10.3 Å². The zero-order valence-corrected chi connectivity index (χ0v) is 13.4. The van der Waals surface area contributed by atoms with Gasteiger partial charge in [0.15, 0.2) is 5.82 Å². The molecular formula is C11H8BrFN6O2S. The quantitative estimate of drug-likeness (QED) is 0.699. The zero-order valence-electron chi connectivity index (χ0n) is 11.0. The van der Waals surface area contributed by atoms with Crippen LogP contribution in [-0.4, -0.2) is 39.2 Å².